The molecule has 0 aliphatic heterocycles. The van der Waals surface area contributed by atoms with Crippen LogP contribution in [0.3, 0.4) is 0 Å². The van der Waals surface area contributed by atoms with Gasteiger partial charge in [-0.05, 0) is 55.5 Å². The van der Waals surface area contributed by atoms with Crippen LogP contribution < -0.4 is 5.73 Å². The van der Waals surface area contributed by atoms with E-state index in [9.17, 15) is 18.3 Å². The molecular formula is C25H19F3N2O. The molecule has 0 aliphatic carbocycles. The topological polar surface area (TPSA) is 51.2 Å². The number of fused-ring (bicyclic) bond motifs is 1. The number of phenols is 1. The SMILES string of the molecule is CCn1c(-c2ccc(C#Cc3ccc(C(F)(F)F)cc3)cc2)c(N)c2ccc(O)cc21. The molecule has 0 saturated heterocycles. The maximum atomic E-state index is 12.7. The Morgan fingerprint density at radius 2 is 1.48 bits per heavy atom. The van der Waals surface area contributed by atoms with Gasteiger partial charge in [-0.25, -0.2) is 0 Å². The van der Waals surface area contributed by atoms with E-state index in [4.69, 9.17) is 5.73 Å². The number of benzene rings is 3. The summed E-state index contributed by atoms with van der Waals surface area (Å²) >= 11 is 0. The summed E-state index contributed by atoms with van der Waals surface area (Å²) in [4.78, 5) is 0. The number of halogens is 3. The van der Waals surface area contributed by atoms with E-state index in [1.807, 2.05) is 35.8 Å². The Labute approximate surface area is 177 Å². The van der Waals surface area contributed by atoms with Crippen molar-refractivity contribution in [2.24, 2.45) is 0 Å². The third kappa shape index (κ3) is 3.95. The quantitative estimate of drug-likeness (QED) is 0.389. The van der Waals surface area contributed by atoms with Crippen molar-refractivity contribution >= 4 is 16.6 Å². The summed E-state index contributed by atoms with van der Waals surface area (Å²) in [7, 11) is 0. The minimum Gasteiger partial charge on any atom is -0.508 e. The van der Waals surface area contributed by atoms with Gasteiger partial charge < -0.3 is 15.4 Å². The van der Waals surface area contributed by atoms with Crippen LogP contribution in [0.4, 0.5) is 18.9 Å². The van der Waals surface area contributed by atoms with Crippen molar-refractivity contribution < 1.29 is 18.3 Å². The average Bonchev–Trinajstić information content (AvgIpc) is 3.03. The van der Waals surface area contributed by atoms with E-state index in [0.29, 0.717) is 17.8 Å². The van der Waals surface area contributed by atoms with E-state index in [2.05, 4.69) is 11.8 Å². The molecule has 0 unspecified atom stereocenters. The molecule has 4 aromatic rings. The number of aryl methyl sites for hydroxylation is 1. The first-order valence-corrected chi connectivity index (χ1v) is 9.68. The number of nitrogen functional groups attached to an aromatic ring is 1. The molecule has 0 bridgehead atoms. The normalized spacial score (nSPS) is 11.4. The second-order valence-electron chi connectivity index (χ2n) is 7.11. The largest absolute Gasteiger partial charge is 0.508 e. The van der Waals surface area contributed by atoms with Gasteiger partial charge in [-0.15, -0.1) is 0 Å². The van der Waals surface area contributed by atoms with Gasteiger partial charge in [0.25, 0.3) is 0 Å². The molecule has 1 heterocycles. The molecule has 0 amide bonds. The summed E-state index contributed by atoms with van der Waals surface area (Å²) in [6.45, 7) is 2.69. The molecule has 0 spiro atoms. The zero-order valence-electron chi connectivity index (χ0n) is 16.7. The van der Waals surface area contributed by atoms with Gasteiger partial charge in [-0.3, -0.25) is 0 Å². The van der Waals surface area contributed by atoms with Gasteiger partial charge in [0.15, 0.2) is 0 Å². The minimum atomic E-state index is -4.36. The fraction of sp³-hybridized carbons (Fsp3) is 0.120. The standard InChI is InChI=1S/C25H19F3N2O/c1-2-30-22-15-20(31)13-14-21(22)23(29)24(30)18-9-5-16(6-10-18)3-4-17-7-11-19(12-8-17)25(26,27)28/h5-15,31H,2,29H2,1H3. The molecule has 156 valence electrons. The van der Waals surface area contributed by atoms with Gasteiger partial charge in [0.2, 0.25) is 0 Å². The van der Waals surface area contributed by atoms with Crippen molar-refractivity contribution in [3.8, 4) is 28.8 Å². The highest BCUT2D eigenvalue weighted by Gasteiger charge is 2.29. The summed E-state index contributed by atoms with van der Waals surface area (Å²) in [5, 5.41) is 10.7. The molecule has 3 N–H and O–H groups in total. The molecule has 0 saturated carbocycles. The minimum absolute atomic E-state index is 0.181. The summed E-state index contributed by atoms with van der Waals surface area (Å²) in [5.41, 5.74) is 10.2. The number of phenolic OH excluding ortho intramolecular Hbond substituents is 1. The van der Waals surface area contributed by atoms with E-state index in [-0.39, 0.29) is 5.75 Å². The summed E-state index contributed by atoms with van der Waals surface area (Å²) in [5.74, 6) is 6.04. The van der Waals surface area contributed by atoms with Crippen molar-refractivity contribution in [2.45, 2.75) is 19.6 Å². The highest BCUT2D eigenvalue weighted by molar-refractivity contribution is 6.01. The number of alkyl halides is 3. The lowest BCUT2D eigenvalue weighted by Gasteiger charge is -2.09. The Morgan fingerprint density at radius 1 is 0.903 bits per heavy atom. The Balaban J connectivity index is 1.64. The van der Waals surface area contributed by atoms with Crippen LogP contribution in [-0.2, 0) is 12.7 Å². The van der Waals surface area contributed by atoms with Gasteiger partial charge in [-0.2, -0.15) is 13.2 Å². The summed E-state index contributed by atoms with van der Waals surface area (Å²) < 4.78 is 40.0. The molecule has 4 rings (SSSR count). The van der Waals surface area contributed by atoms with E-state index >= 15 is 0 Å². The van der Waals surface area contributed by atoms with Crippen LogP contribution in [-0.4, -0.2) is 9.67 Å². The zero-order valence-corrected chi connectivity index (χ0v) is 16.7. The second kappa shape index (κ2) is 7.77. The van der Waals surface area contributed by atoms with Crippen LogP contribution in [0.1, 0.15) is 23.6 Å². The van der Waals surface area contributed by atoms with Crippen molar-refractivity contribution in [1.29, 1.82) is 0 Å². The monoisotopic (exact) mass is 420 g/mol. The van der Waals surface area contributed by atoms with Crippen molar-refractivity contribution in [1.82, 2.24) is 4.57 Å². The Kier molecular flexibility index (Phi) is 5.12. The van der Waals surface area contributed by atoms with Crippen LogP contribution in [0.25, 0.3) is 22.2 Å². The number of anilines is 1. The van der Waals surface area contributed by atoms with Crippen molar-refractivity contribution in [3.05, 3.63) is 83.4 Å². The van der Waals surface area contributed by atoms with E-state index < -0.39 is 11.7 Å². The third-order valence-electron chi connectivity index (χ3n) is 5.13. The first-order chi connectivity index (χ1) is 14.8. The Morgan fingerprint density at radius 3 is 2.03 bits per heavy atom. The molecule has 0 atom stereocenters. The maximum absolute atomic E-state index is 12.7. The van der Waals surface area contributed by atoms with Gasteiger partial charge in [0.1, 0.15) is 5.75 Å². The molecule has 6 heteroatoms. The Hall–Kier alpha value is -3.85. The zero-order chi connectivity index (χ0) is 22.2. The predicted molar refractivity (Wildman–Crippen MR) is 117 cm³/mol. The average molecular weight is 420 g/mol. The first-order valence-electron chi connectivity index (χ1n) is 9.68. The van der Waals surface area contributed by atoms with Crippen LogP contribution in [0.15, 0.2) is 66.7 Å². The smallest absolute Gasteiger partial charge is 0.416 e. The molecule has 3 aromatic carbocycles. The molecule has 31 heavy (non-hydrogen) atoms. The van der Waals surface area contributed by atoms with E-state index in [0.717, 1.165) is 39.9 Å². The van der Waals surface area contributed by atoms with Crippen LogP contribution in [0.5, 0.6) is 5.75 Å². The fourth-order valence-electron chi connectivity index (χ4n) is 3.60. The third-order valence-corrected chi connectivity index (χ3v) is 5.13. The van der Waals surface area contributed by atoms with Crippen LogP contribution >= 0.6 is 0 Å². The Bertz CT molecular complexity index is 1310. The number of nitrogens with two attached hydrogens (primary N) is 1. The lowest BCUT2D eigenvalue weighted by atomic mass is 10.1. The number of rotatable bonds is 2. The number of hydrogen-bond acceptors (Lipinski definition) is 2. The van der Waals surface area contributed by atoms with Gasteiger partial charge >= 0.3 is 6.18 Å². The number of aromatic nitrogens is 1. The number of aromatic hydroxyl groups is 1. The van der Waals surface area contributed by atoms with E-state index in [1.165, 1.54) is 12.1 Å². The highest BCUT2D eigenvalue weighted by Crippen LogP contribution is 2.37. The summed E-state index contributed by atoms with van der Waals surface area (Å²) in [6, 6.07) is 17.4. The number of hydrogen-bond donors (Lipinski definition) is 2. The second-order valence-corrected chi connectivity index (χ2v) is 7.11. The molecule has 3 nitrogen and oxygen atoms in total. The van der Waals surface area contributed by atoms with Crippen LogP contribution in [0.2, 0.25) is 0 Å². The lowest BCUT2D eigenvalue weighted by molar-refractivity contribution is -0.137. The predicted octanol–water partition coefficient (Wildman–Crippen LogP) is 6.03. The molecule has 0 aliphatic rings. The molecule has 0 fully saturated rings. The molecule has 0 radical (unpaired) electrons. The summed E-state index contributed by atoms with van der Waals surface area (Å²) in [6.07, 6.45) is -4.36. The molecule has 1 aromatic heterocycles. The van der Waals surface area contributed by atoms with Gasteiger partial charge in [0.05, 0.1) is 22.5 Å². The van der Waals surface area contributed by atoms with Crippen LogP contribution in [0, 0.1) is 11.8 Å². The highest BCUT2D eigenvalue weighted by atomic mass is 19.4. The maximum Gasteiger partial charge on any atom is 0.416 e. The molecular weight excluding hydrogens is 401 g/mol. The van der Waals surface area contributed by atoms with Gasteiger partial charge in [-0.1, -0.05) is 24.0 Å². The fourth-order valence-corrected chi connectivity index (χ4v) is 3.60. The first kappa shape index (κ1) is 20.4. The van der Waals surface area contributed by atoms with E-state index in [1.54, 1.807) is 18.2 Å². The lowest BCUT2D eigenvalue weighted by Crippen LogP contribution is -2.04. The van der Waals surface area contributed by atoms with Crippen molar-refractivity contribution in [2.75, 3.05) is 5.73 Å². The number of nitrogens with zero attached hydrogens (tertiary/aromatic N) is 1. The van der Waals surface area contributed by atoms with Gasteiger partial charge in [0, 0.05) is 34.7 Å². The van der Waals surface area contributed by atoms with Crippen molar-refractivity contribution in [3.63, 3.8) is 0 Å².